The lowest BCUT2D eigenvalue weighted by molar-refractivity contribution is -0.135. The van der Waals surface area contributed by atoms with Gasteiger partial charge in [-0.05, 0) is 57.3 Å². The van der Waals surface area contributed by atoms with Crippen LogP contribution < -0.4 is 14.8 Å². The van der Waals surface area contributed by atoms with Gasteiger partial charge in [0.25, 0.3) is 0 Å². The number of nitrogens with one attached hydrogen (secondary N) is 1. The Morgan fingerprint density at radius 1 is 1.03 bits per heavy atom. The summed E-state index contributed by atoms with van der Waals surface area (Å²) >= 11 is 0. The number of piperidine rings is 1. The summed E-state index contributed by atoms with van der Waals surface area (Å²) in [5.74, 6) is 1.48. The number of hydrogen-bond acceptors (Lipinski definition) is 7. The van der Waals surface area contributed by atoms with E-state index in [2.05, 4.69) is 10.2 Å². The van der Waals surface area contributed by atoms with Crippen LogP contribution in [0.3, 0.4) is 0 Å². The number of hydrogen-bond donors (Lipinski definition) is 1. The molecule has 1 aromatic carbocycles. The van der Waals surface area contributed by atoms with Crippen molar-refractivity contribution in [1.29, 1.82) is 0 Å². The molecule has 1 aromatic rings. The number of anilines is 1. The highest BCUT2D eigenvalue weighted by atomic mass is 32.2. The Balaban J connectivity index is 1.12. The topological polar surface area (TPSA) is 105 Å². The van der Waals surface area contributed by atoms with Crippen molar-refractivity contribution in [3.8, 4) is 11.5 Å². The van der Waals surface area contributed by atoms with Gasteiger partial charge in [-0.15, -0.1) is 0 Å². The van der Waals surface area contributed by atoms with Gasteiger partial charge in [-0.25, -0.2) is 8.42 Å². The number of carbonyl (C=O) groups excluding carboxylic acids is 2. The fourth-order valence-electron chi connectivity index (χ4n) is 4.90. The van der Waals surface area contributed by atoms with Gasteiger partial charge < -0.3 is 19.7 Å². The number of nitrogens with zero attached hydrogens (tertiary/aromatic N) is 2. The average Bonchev–Trinajstić information content (AvgIpc) is 3.36. The molecule has 10 heteroatoms. The summed E-state index contributed by atoms with van der Waals surface area (Å²) in [4.78, 5) is 29.7. The summed E-state index contributed by atoms with van der Waals surface area (Å²) in [5, 5.41) is 2.96. The minimum absolute atomic E-state index is 0.0226. The fourth-order valence-corrected chi connectivity index (χ4v) is 6.61. The molecule has 1 saturated carbocycles. The lowest BCUT2D eigenvalue weighted by Crippen LogP contribution is -2.49. The first-order valence-electron chi connectivity index (χ1n) is 11.3. The first kappa shape index (κ1) is 21.5. The van der Waals surface area contributed by atoms with Gasteiger partial charge in [0.2, 0.25) is 18.6 Å². The van der Waals surface area contributed by atoms with Crippen LogP contribution in [0.1, 0.15) is 32.1 Å². The Kier molecular flexibility index (Phi) is 5.75. The van der Waals surface area contributed by atoms with Gasteiger partial charge in [0.05, 0.1) is 18.1 Å². The Morgan fingerprint density at radius 3 is 2.47 bits per heavy atom. The molecule has 0 spiro atoms. The maximum Gasteiger partial charge on any atom is 0.237 e. The van der Waals surface area contributed by atoms with Crippen LogP contribution in [0.2, 0.25) is 0 Å². The lowest BCUT2D eigenvalue weighted by Gasteiger charge is -2.34. The Labute approximate surface area is 187 Å². The molecule has 3 aliphatic heterocycles. The molecule has 1 aliphatic carbocycles. The molecule has 174 valence electrons. The van der Waals surface area contributed by atoms with E-state index in [0.717, 1.165) is 12.8 Å². The van der Waals surface area contributed by atoms with E-state index in [1.54, 1.807) is 18.2 Å². The highest BCUT2D eigenvalue weighted by Crippen LogP contribution is 2.35. The van der Waals surface area contributed by atoms with Gasteiger partial charge in [0.1, 0.15) is 0 Å². The van der Waals surface area contributed by atoms with Crippen molar-refractivity contribution < 1.29 is 27.5 Å². The van der Waals surface area contributed by atoms with Crippen LogP contribution in [-0.4, -0.2) is 80.0 Å². The highest BCUT2D eigenvalue weighted by Gasteiger charge is 2.42. The third kappa shape index (κ3) is 4.71. The maximum absolute atomic E-state index is 13.0. The molecule has 5 rings (SSSR count). The van der Waals surface area contributed by atoms with Crippen molar-refractivity contribution in [1.82, 2.24) is 9.80 Å². The van der Waals surface area contributed by atoms with Gasteiger partial charge >= 0.3 is 0 Å². The molecule has 0 unspecified atom stereocenters. The van der Waals surface area contributed by atoms with Crippen molar-refractivity contribution >= 4 is 27.3 Å². The molecule has 2 saturated heterocycles. The maximum atomic E-state index is 13.0. The SMILES string of the molecule is O=C(Nc1ccc2c(c1)OCO2)C1CCN(CC(=O)N(C2CC2)[C@@H]2CCS(=O)(=O)C2)CC1. The van der Waals surface area contributed by atoms with Gasteiger partial charge in [0.15, 0.2) is 21.3 Å². The van der Waals surface area contributed by atoms with Crippen molar-refractivity contribution in [2.24, 2.45) is 5.92 Å². The fraction of sp³-hybridized carbons (Fsp3) is 0.636. The van der Waals surface area contributed by atoms with Crippen LogP contribution in [0.15, 0.2) is 18.2 Å². The van der Waals surface area contributed by atoms with E-state index in [0.29, 0.717) is 56.1 Å². The van der Waals surface area contributed by atoms with E-state index in [1.165, 1.54) is 0 Å². The van der Waals surface area contributed by atoms with E-state index >= 15 is 0 Å². The minimum Gasteiger partial charge on any atom is -0.454 e. The number of sulfone groups is 1. The third-order valence-electron chi connectivity index (χ3n) is 6.79. The molecular weight excluding hydrogens is 434 g/mol. The first-order valence-corrected chi connectivity index (χ1v) is 13.1. The monoisotopic (exact) mass is 463 g/mol. The summed E-state index contributed by atoms with van der Waals surface area (Å²) in [7, 11) is -3.03. The molecule has 0 aromatic heterocycles. The molecule has 3 heterocycles. The van der Waals surface area contributed by atoms with Crippen molar-refractivity contribution in [2.75, 3.05) is 43.2 Å². The predicted octanol–water partition coefficient (Wildman–Crippen LogP) is 1.24. The third-order valence-corrected chi connectivity index (χ3v) is 8.54. The van der Waals surface area contributed by atoms with Crippen LogP contribution in [0, 0.1) is 5.92 Å². The van der Waals surface area contributed by atoms with E-state index < -0.39 is 9.84 Å². The number of amides is 2. The number of fused-ring (bicyclic) bond motifs is 1. The summed E-state index contributed by atoms with van der Waals surface area (Å²) in [6.45, 7) is 1.83. The minimum atomic E-state index is -3.03. The Bertz CT molecular complexity index is 1000. The molecule has 0 bridgehead atoms. The number of rotatable bonds is 6. The van der Waals surface area contributed by atoms with Gasteiger partial charge in [-0.1, -0.05) is 0 Å². The van der Waals surface area contributed by atoms with Crippen molar-refractivity contribution in [3.05, 3.63) is 18.2 Å². The Morgan fingerprint density at radius 2 is 1.78 bits per heavy atom. The van der Waals surface area contributed by atoms with Gasteiger partial charge in [0, 0.05) is 29.8 Å². The smallest absolute Gasteiger partial charge is 0.237 e. The number of benzene rings is 1. The summed E-state index contributed by atoms with van der Waals surface area (Å²) in [6.07, 6.45) is 3.84. The molecule has 4 aliphatic rings. The average molecular weight is 464 g/mol. The lowest BCUT2D eigenvalue weighted by atomic mass is 9.95. The Hall–Kier alpha value is -2.33. The zero-order valence-electron chi connectivity index (χ0n) is 18.0. The van der Waals surface area contributed by atoms with Crippen LogP contribution in [0.25, 0.3) is 0 Å². The van der Waals surface area contributed by atoms with Crippen LogP contribution in [0.5, 0.6) is 11.5 Å². The van der Waals surface area contributed by atoms with E-state index in [4.69, 9.17) is 9.47 Å². The first-order chi connectivity index (χ1) is 15.4. The predicted molar refractivity (Wildman–Crippen MR) is 117 cm³/mol. The zero-order valence-corrected chi connectivity index (χ0v) is 18.8. The van der Waals surface area contributed by atoms with E-state index in [1.807, 2.05) is 4.90 Å². The zero-order chi connectivity index (χ0) is 22.3. The summed E-state index contributed by atoms with van der Waals surface area (Å²) in [6, 6.07) is 5.38. The van der Waals surface area contributed by atoms with Crippen LogP contribution >= 0.6 is 0 Å². The molecule has 32 heavy (non-hydrogen) atoms. The van der Waals surface area contributed by atoms with Crippen molar-refractivity contribution in [3.63, 3.8) is 0 Å². The largest absolute Gasteiger partial charge is 0.454 e. The standard InChI is InChI=1S/C22H29N3O6S/c26-21(25(17-2-3-17)18-7-10-32(28,29)13-18)12-24-8-5-15(6-9-24)22(27)23-16-1-4-19-20(11-16)31-14-30-19/h1,4,11,15,17-18H,2-3,5-10,12-14H2,(H,23,27)/t18-/m1/s1. The molecular formula is C22H29N3O6S. The quantitative estimate of drug-likeness (QED) is 0.677. The summed E-state index contributed by atoms with van der Waals surface area (Å²) in [5.41, 5.74) is 0.684. The molecule has 9 nitrogen and oxygen atoms in total. The molecule has 1 N–H and O–H groups in total. The van der Waals surface area contributed by atoms with E-state index in [9.17, 15) is 18.0 Å². The summed E-state index contributed by atoms with van der Waals surface area (Å²) < 4.78 is 34.4. The normalized spacial score (nSPS) is 24.9. The number of likely N-dealkylation sites (tertiary alicyclic amines) is 1. The highest BCUT2D eigenvalue weighted by molar-refractivity contribution is 7.91. The second-order valence-electron chi connectivity index (χ2n) is 9.20. The number of ether oxygens (including phenoxy) is 2. The second kappa shape index (κ2) is 8.55. The van der Waals surface area contributed by atoms with Crippen molar-refractivity contribution in [2.45, 2.75) is 44.2 Å². The number of carbonyl (C=O) groups is 2. The molecule has 0 radical (unpaired) electrons. The van der Waals surface area contributed by atoms with Gasteiger partial charge in [-0.3, -0.25) is 14.5 Å². The second-order valence-corrected chi connectivity index (χ2v) is 11.4. The van der Waals surface area contributed by atoms with Crippen LogP contribution in [0.4, 0.5) is 5.69 Å². The molecule has 3 fully saturated rings. The van der Waals surface area contributed by atoms with Crippen LogP contribution in [-0.2, 0) is 19.4 Å². The molecule has 1 atom stereocenters. The molecule has 2 amide bonds. The van der Waals surface area contributed by atoms with Gasteiger partial charge in [-0.2, -0.15) is 0 Å². The van der Waals surface area contributed by atoms with E-state index in [-0.39, 0.29) is 48.1 Å².